The zero-order valence-corrected chi connectivity index (χ0v) is 11.1. The van der Waals surface area contributed by atoms with Crippen molar-refractivity contribution in [3.63, 3.8) is 0 Å². The zero-order valence-electron chi connectivity index (χ0n) is 11.1. The lowest BCUT2D eigenvalue weighted by molar-refractivity contribution is 0.432. The summed E-state index contributed by atoms with van der Waals surface area (Å²) in [5.41, 5.74) is 7.51. The molecule has 6 heteroatoms. The van der Waals surface area contributed by atoms with E-state index in [2.05, 4.69) is 10.1 Å². The van der Waals surface area contributed by atoms with E-state index in [1.165, 1.54) is 24.3 Å². The molecule has 1 aromatic heterocycles. The molecule has 0 amide bonds. The van der Waals surface area contributed by atoms with E-state index < -0.39 is 5.82 Å². The Hall–Kier alpha value is -2.76. The fourth-order valence-corrected chi connectivity index (χ4v) is 1.96. The van der Waals surface area contributed by atoms with Gasteiger partial charge in [-0.1, -0.05) is 5.16 Å². The van der Waals surface area contributed by atoms with Crippen molar-refractivity contribution in [2.75, 3.05) is 5.73 Å². The minimum Gasteiger partial charge on any atom is -0.398 e. The second-order valence-corrected chi connectivity index (χ2v) is 4.62. The monoisotopic (exact) mass is 287 g/mol. The molecule has 0 radical (unpaired) electrons. The molecule has 3 rings (SSSR count). The second kappa shape index (κ2) is 4.97. The van der Waals surface area contributed by atoms with E-state index >= 15 is 0 Å². The number of aromatic nitrogens is 2. The van der Waals surface area contributed by atoms with Crippen LogP contribution >= 0.6 is 0 Å². The molecule has 106 valence electrons. The maximum atomic E-state index is 13.3. The number of anilines is 1. The van der Waals surface area contributed by atoms with Gasteiger partial charge in [-0.2, -0.15) is 4.98 Å². The van der Waals surface area contributed by atoms with Gasteiger partial charge in [0.2, 0.25) is 5.82 Å². The lowest BCUT2D eigenvalue weighted by atomic mass is 10.1. The number of hydrogen-bond acceptors (Lipinski definition) is 4. The summed E-state index contributed by atoms with van der Waals surface area (Å²) >= 11 is 0. The lowest BCUT2D eigenvalue weighted by Crippen LogP contribution is -1.91. The van der Waals surface area contributed by atoms with E-state index in [4.69, 9.17) is 10.3 Å². The third-order valence-corrected chi connectivity index (χ3v) is 3.09. The molecule has 0 fully saturated rings. The van der Waals surface area contributed by atoms with Gasteiger partial charge in [0, 0.05) is 11.3 Å². The van der Waals surface area contributed by atoms with Crippen LogP contribution in [0, 0.1) is 18.6 Å². The van der Waals surface area contributed by atoms with Crippen LogP contribution < -0.4 is 5.73 Å². The molecular formula is C15H11F2N3O. The molecule has 0 aliphatic rings. The van der Waals surface area contributed by atoms with Crippen molar-refractivity contribution in [2.24, 2.45) is 0 Å². The van der Waals surface area contributed by atoms with E-state index in [-0.39, 0.29) is 17.4 Å². The Bertz CT molecular complexity index is 814. The molecule has 0 bridgehead atoms. The first-order chi connectivity index (χ1) is 10.0. The topological polar surface area (TPSA) is 64.9 Å². The van der Waals surface area contributed by atoms with Crippen molar-refractivity contribution in [3.05, 3.63) is 53.6 Å². The summed E-state index contributed by atoms with van der Waals surface area (Å²) in [6.45, 7) is 1.65. The number of nitrogens with zero attached hydrogens (tertiary/aromatic N) is 2. The van der Waals surface area contributed by atoms with Gasteiger partial charge in [-0.25, -0.2) is 8.78 Å². The van der Waals surface area contributed by atoms with Crippen LogP contribution in [-0.4, -0.2) is 10.1 Å². The largest absolute Gasteiger partial charge is 0.398 e. The number of halogens is 2. The van der Waals surface area contributed by atoms with Crippen molar-refractivity contribution >= 4 is 5.69 Å². The minimum absolute atomic E-state index is 0.185. The van der Waals surface area contributed by atoms with E-state index in [0.29, 0.717) is 22.5 Å². The Morgan fingerprint density at radius 3 is 2.62 bits per heavy atom. The van der Waals surface area contributed by atoms with Crippen LogP contribution in [0.15, 0.2) is 40.9 Å². The number of aryl methyl sites for hydroxylation is 1. The summed E-state index contributed by atoms with van der Waals surface area (Å²) in [6, 6.07) is 8.44. The van der Waals surface area contributed by atoms with Gasteiger partial charge in [0.15, 0.2) is 0 Å². The number of benzene rings is 2. The highest BCUT2D eigenvalue weighted by molar-refractivity contribution is 5.71. The van der Waals surface area contributed by atoms with Crippen LogP contribution in [-0.2, 0) is 0 Å². The summed E-state index contributed by atoms with van der Waals surface area (Å²) in [7, 11) is 0. The summed E-state index contributed by atoms with van der Waals surface area (Å²) in [4.78, 5) is 4.21. The molecule has 3 aromatic rings. The standard InChI is InChI=1S/C15H11F2N3O/c1-8-6-9(2-5-12(8)17)14-19-15(21-20-14)11-4-3-10(16)7-13(11)18/h2-7H,18H2,1H3. The highest BCUT2D eigenvalue weighted by atomic mass is 19.1. The maximum absolute atomic E-state index is 13.3. The average molecular weight is 287 g/mol. The van der Waals surface area contributed by atoms with E-state index in [0.717, 1.165) is 0 Å². The Morgan fingerprint density at radius 1 is 1.10 bits per heavy atom. The number of nitrogens with two attached hydrogens (primary N) is 1. The predicted molar refractivity (Wildman–Crippen MR) is 74.2 cm³/mol. The molecule has 2 aromatic carbocycles. The van der Waals surface area contributed by atoms with Crippen LogP contribution in [0.3, 0.4) is 0 Å². The Balaban J connectivity index is 2.01. The van der Waals surface area contributed by atoms with Gasteiger partial charge < -0.3 is 10.3 Å². The SMILES string of the molecule is Cc1cc(-c2noc(-c3ccc(F)cc3N)n2)ccc1F. The van der Waals surface area contributed by atoms with Gasteiger partial charge in [-0.05, 0) is 48.9 Å². The molecule has 1 heterocycles. The van der Waals surface area contributed by atoms with Crippen LogP contribution in [0.4, 0.5) is 14.5 Å². The summed E-state index contributed by atoms with van der Waals surface area (Å²) < 4.78 is 31.4. The summed E-state index contributed by atoms with van der Waals surface area (Å²) in [5.74, 6) is -0.239. The molecule has 0 aliphatic heterocycles. The van der Waals surface area contributed by atoms with Crippen LogP contribution in [0.2, 0.25) is 0 Å². The molecule has 0 atom stereocenters. The van der Waals surface area contributed by atoms with Crippen molar-refractivity contribution in [1.29, 1.82) is 0 Å². The third kappa shape index (κ3) is 2.47. The Morgan fingerprint density at radius 2 is 1.90 bits per heavy atom. The fourth-order valence-electron chi connectivity index (χ4n) is 1.96. The number of hydrogen-bond donors (Lipinski definition) is 1. The van der Waals surface area contributed by atoms with Gasteiger partial charge in [-0.3, -0.25) is 0 Å². The molecule has 0 spiro atoms. The lowest BCUT2D eigenvalue weighted by Gasteiger charge is -2.00. The molecule has 0 unspecified atom stereocenters. The Labute approximate surface area is 119 Å². The van der Waals surface area contributed by atoms with Gasteiger partial charge >= 0.3 is 0 Å². The van der Waals surface area contributed by atoms with Gasteiger partial charge in [0.25, 0.3) is 5.89 Å². The van der Waals surface area contributed by atoms with Crippen LogP contribution in [0.5, 0.6) is 0 Å². The predicted octanol–water partition coefficient (Wildman–Crippen LogP) is 3.57. The quantitative estimate of drug-likeness (QED) is 0.732. The molecule has 2 N–H and O–H groups in total. The van der Waals surface area contributed by atoms with Gasteiger partial charge in [-0.15, -0.1) is 0 Å². The first-order valence-electron chi connectivity index (χ1n) is 6.20. The van der Waals surface area contributed by atoms with E-state index in [9.17, 15) is 8.78 Å². The highest BCUT2D eigenvalue weighted by Crippen LogP contribution is 2.27. The van der Waals surface area contributed by atoms with Gasteiger partial charge in [0.1, 0.15) is 11.6 Å². The molecule has 0 aliphatic carbocycles. The average Bonchev–Trinajstić information content (AvgIpc) is 2.91. The van der Waals surface area contributed by atoms with Crippen molar-refractivity contribution in [3.8, 4) is 22.8 Å². The zero-order chi connectivity index (χ0) is 15.0. The number of nitrogen functional groups attached to an aromatic ring is 1. The molecule has 0 saturated carbocycles. The summed E-state index contributed by atoms with van der Waals surface area (Å²) in [6.07, 6.45) is 0. The Kier molecular flexibility index (Phi) is 3.13. The smallest absolute Gasteiger partial charge is 0.260 e. The molecule has 21 heavy (non-hydrogen) atoms. The van der Waals surface area contributed by atoms with Crippen molar-refractivity contribution < 1.29 is 13.3 Å². The molecule has 4 nitrogen and oxygen atoms in total. The normalized spacial score (nSPS) is 10.8. The highest BCUT2D eigenvalue weighted by Gasteiger charge is 2.14. The van der Waals surface area contributed by atoms with E-state index in [1.807, 2.05) is 0 Å². The van der Waals surface area contributed by atoms with Gasteiger partial charge in [0.05, 0.1) is 5.56 Å². The minimum atomic E-state index is -0.440. The fraction of sp³-hybridized carbons (Fsp3) is 0.0667. The third-order valence-electron chi connectivity index (χ3n) is 3.09. The first-order valence-corrected chi connectivity index (χ1v) is 6.20. The summed E-state index contributed by atoms with van der Waals surface area (Å²) in [5, 5.41) is 3.84. The first kappa shape index (κ1) is 13.2. The second-order valence-electron chi connectivity index (χ2n) is 4.62. The molecular weight excluding hydrogens is 276 g/mol. The van der Waals surface area contributed by atoms with Crippen LogP contribution in [0.1, 0.15) is 5.56 Å². The van der Waals surface area contributed by atoms with Crippen molar-refractivity contribution in [1.82, 2.24) is 10.1 Å². The van der Waals surface area contributed by atoms with Crippen molar-refractivity contribution in [2.45, 2.75) is 6.92 Å². The number of rotatable bonds is 2. The molecule has 0 saturated heterocycles. The maximum Gasteiger partial charge on any atom is 0.260 e. The van der Waals surface area contributed by atoms with Crippen LogP contribution in [0.25, 0.3) is 22.8 Å². The van der Waals surface area contributed by atoms with E-state index in [1.54, 1.807) is 19.1 Å².